The molecular weight excluding hydrogens is 408 g/mol. The first-order chi connectivity index (χ1) is 15.3. The van der Waals surface area contributed by atoms with Crippen LogP contribution in [0.15, 0.2) is 71.5 Å². The lowest BCUT2D eigenvalue weighted by molar-refractivity contribution is 0.373. The Balaban J connectivity index is 1.58. The lowest BCUT2D eigenvalue weighted by Gasteiger charge is -2.10. The van der Waals surface area contributed by atoms with Crippen LogP contribution in [-0.2, 0) is 13.0 Å². The summed E-state index contributed by atoms with van der Waals surface area (Å²) in [6.45, 7) is 8.30. The molecule has 0 unspecified atom stereocenters. The highest BCUT2D eigenvalue weighted by atomic mass is 32.1. The van der Waals surface area contributed by atoms with Gasteiger partial charge in [-0.1, -0.05) is 78.0 Å². The maximum Gasteiger partial charge on any atom is 0.235 e. The molecule has 5 aromatic rings. The van der Waals surface area contributed by atoms with Gasteiger partial charge in [-0.15, -0.1) is 0 Å². The van der Waals surface area contributed by atoms with Gasteiger partial charge in [0, 0.05) is 18.5 Å². The lowest BCUT2D eigenvalue weighted by atomic mass is 10.1. The Morgan fingerprint density at radius 1 is 1.03 bits per heavy atom. The van der Waals surface area contributed by atoms with Gasteiger partial charge in [0.25, 0.3) is 0 Å². The molecule has 0 bridgehead atoms. The van der Waals surface area contributed by atoms with Crippen molar-refractivity contribution in [3.8, 4) is 22.6 Å². The van der Waals surface area contributed by atoms with Gasteiger partial charge in [-0.05, 0) is 5.56 Å². The van der Waals surface area contributed by atoms with Gasteiger partial charge in [0.2, 0.25) is 17.4 Å². The summed E-state index contributed by atoms with van der Waals surface area (Å²) in [6.07, 6.45) is 2.02. The molecule has 7 nitrogen and oxygen atoms in total. The quantitative estimate of drug-likeness (QED) is 0.293. The van der Waals surface area contributed by atoms with Gasteiger partial charge in [0.15, 0.2) is 4.64 Å². The van der Waals surface area contributed by atoms with Gasteiger partial charge in [-0.3, -0.25) is 0 Å². The van der Waals surface area contributed by atoms with Crippen molar-refractivity contribution >= 4 is 28.9 Å². The minimum Gasteiger partial charge on any atom is -0.354 e. The van der Waals surface area contributed by atoms with Gasteiger partial charge in [-0.2, -0.15) is 4.98 Å². The normalized spacial score (nSPS) is 10.9. The van der Waals surface area contributed by atoms with Crippen LogP contribution in [0.25, 0.3) is 38.5 Å². The standard InChI is InChI=1S/C23H16N6OS/c1-24-18-19-21(23(31)26-14-25-19)29(20(18)15-8-4-2-5-9-15)13-12-17-27-22(28-30-17)16-10-6-3-7-11-16/h2-11,14H,12-13H2,(H,25,26,31). The van der Waals surface area contributed by atoms with Crippen molar-refractivity contribution < 1.29 is 4.52 Å². The summed E-state index contributed by atoms with van der Waals surface area (Å²) >= 11 is 5.50. The zero-order valence-corrected chi connectivity index (χ0v) is 17.1. The van der Waals surface area contributed by atoms with Gasteiger partial charge in [0.1, 0.15) is 0 Å². The van der Waals surface area contributed by atoms with Crippen molar-refractivity contribution in [1.29, 1.82) is 0 Å². The van der Waals surface area contributed by atoms with E-state index in [0.717, 1.165) is 22.3 Å². The van der Waals surface area contributed by atoms with Gasteiger partial charge in [-0.25, -0.2) is 9.83 Å². The second-order valence-corrected chi connectivity index (χ2v) is 7.27. The molecule has 3 heterocycles. The number of nitrogens with zero attached hydrogens (tertiary/aromatic N) is 5. The molecule has 0 spiro atoms. The summed E-state index contributed by atoms with van der Waals surface area (Å²) in [7, 11) is 0. The number of H-pyrrole nitrogens is 1. The number of benzene rings is 2. The molecule has 0 radical (unpaired) electrons. The highest BCUT2D eigenvalue weighted by molar-refractivity contribution is 7.71. The molecule has 31 heavy (non-hydrogen) atoms. The summed E-state index contributed by atoms with van der Waals surface area (Å²) in [5, 5.41) is 4.10. The first-order valence-electron chi connectivity index (χ1n) is 9.67. The number of aryl methyl sites for hydroxylation is 2. The van der Waals surface area contributed by atoms with Crippen LogP contribution < -0.4 is 0 Å². The fraction of sp³-hybridized carbons (Fsp3) is 0.0870. The summed E-state index contributed by atoms with van der Waals surface area (Å²) < 4.78 is 7.94. The number of hydrogen-bond acceptors (Lipinski definition) is 5. The molecule has 0 atom stereocenters. The summed E-state index contributed by atoms with van der Waals surface area (Å²) in [6, 6.07) is 19.5. The van der Waals surface area contributed by atoms with E-state index >= 15 is 0 Å². The number of hydrogen-bond donors (Lipinski definition) is 1. The molecule has 2 aromatic carbocycles. The minimum absolute atomic E-state index is 0.441. The second kappa shape index (κ2) is 7.97. The van der Waals surface area contributed by atoms with E-state index in [2.05, 4.69) is 25.0 Å². The summed E-state index contributed by atoms with van der Waals surface area (Å²) in [4.78, 5) is 15.7. The Morgan fingerprint density at radius 2 is 1.74 bits per heavy atom. The van der Waals surface area contributed by atoms with E-state index in [1.165, 1.54) is 6.33 Å². The Hall–Kier alpha value is -4.09. The SMILES string of the molecule is [C-]#[N+]c1c(-c2ccccc2)n(CCc2nc(-c3ccccc3)no2)c2c(=S)nc[nH]c12. The van der Waals surface area contributed by atoms with Crippen molar-refractivity contribution in [1.82, 2.24) is 24.7 Å². The van der Waals surface area contributed by atoms with Gasteiger partial charge >= 0.3 is 0 Å². The van der Waals surface area contributed by atoms with Crippen LogP contribution in [0, 0.1) is 11.2 Å². The monoisotopic (exact) mass is 424 g/mol. The first kappa shape index (κ1) is 18.9. The summed E-state index contributed by atoms with van der Waals surface area (Å²) in [5.74, 6) is 1.07. The fourth-order valence-corrected chi connectivity index (χ4v) is 3.94. The highest BCUT2D eigenvalue weighted by Gasteiger charge is 2.21. The third kappa shape index (κ3) is 3.41. The molecule has 0 aliphatic heterocycles. The number of aromatic nitrogens is 5. The molecule has 0 aliphatic carbocycles. The van der Waals surface area contributed by atoms with Crippen LogP contribution in [0.4, 0.5) is 5.69 Å². The Kier molecular flexibility index (Phi) is 4.86. The molecule has 1 N–H and O–H groups in total. The zero-order chi connectivity index (χ0) is 21.2. The van der Waals surface area contributed by atoms with Crippen LogP contribution in [0.2, 0.25) is 0 Å². The van der Waals surface area contributed by atoms with Crippen LogP contribution in [0.5, 0.6) is 0 Å². The average Bonchev–Trinajstić information content (AvgIpc) is 3.42. The lowest BCUT2D eigenvalue weighted by Crippen LogP contribution is -2.04. The summed E-state index contributed by atoms with van der Waals surface area (Å²) in [5.41, 5.74) is 4.56. The van der Waals surface area contributed by atoms with Crippen molar-refractivity contribution in [2.75, 3.05) is 0 Å². The third-order valence-corrected chi connectivity index (χ3v) is 5.34. The van der Waals surface area contributed by atoms with Crippen molar-refractivity contribution in [3.63, 3.8) is 0 Å². The third-order valence-electron chi connectivity index (χ3n) is 5.04. The Bertz CT molecular complexity index is 1460. The van der Waals surface area contributed by atoms with Crippen LogP contribution >= 0.6 is 12.2 Å². The smallest absolute Gasteiger partial charge is 0.235 e. The molecular formula is C23H16N6OS. The number of fused-ring (bicyclic) bond motifs is 1. The fourth-order valence-electron chi connectivity index (χ4n) is 3.67. The maximum atomic E-state index is 7.79. The molecule has 3 aromatic heterocycles. The zero-order valence-electron chi connectivity index (χ0n) is 16.3. The van der Waals surface area contributed by atoms with E-state index in [9.17, 15) is 0 Å². The molecule has 0 aliphatic rings. The van der Waals surface area contributed by atoms with E-state index in [4.69, 9.17) is 23.3 Å². The van der Waals surface area contributed by atoms with Crippen molar-refractivity contribution in [3.05, 3.63) is 88.9 Å². The van der Waals surface area contributed by atoms with Gasteiger partial charge < -0.3 is 14.1 Å². The van der Waals surface area contributed by atoms with Crippen LogP contribution in [0.1, 0.15) is 5.89 Å². The number of aromatic amines is 1. The van der Waals surface area contributed by atoms with Crippen LogP contribution in [-0.4, -0.2) is 24.7 Å². The van der Waals surface area contributed by atoms with Crippen molar-refractivity contribution in [2.45, 2.75) is 13.0 Å². The maximum absolute atomic E-state index is 7.79. The molecule has 0 amide bonds. The predicted molar refractivity (Wildman–Crippen MR) is 120 cm³/mol. The molecule has 5 rings (SSSR count). The molecule has 0 saturated heterocycles. The molecule has 8 heteroatoms. The first-order valence-corrected chi connectivity index (χ1v) is 10.1. The van der Waals surface area contributed by atoms with Crippen LogP contribution in [0.3, 0.4) is 0 Å². The van der Waals surface area contributed by atoms with E-state index in [-0.39, 0.29) is 0 Å². The Morgan fingerprint density at radius 3 is 2.45 bits per heavy atom. The average molecular weight is 424 g/mol. The second-order valence-electron chi connectivity index (χ2n) is 6.89. The highest BCUT2D eigenvalue weighted by Crippen LogP contribution is 2.39. The molecule has 150 valence electrons. The topological polar surface area (TPSA) is 76.9 Å². The molecule has 0 saturated carbocycles. The van der Waals surface area contributed by atoms with Gasteiger partial charge in [0.05, 0.1) is 29.6 Å². The largest absolute Gasteiger partial charge is 0.354 e. The number of nitrogens with one attached hydrogen (secondary N) is 1. The predicted octanol–water partition coefficient (Wildman–Crippen LogP) is 5.60. The Labute approximate surface area is 182 Å². The van der Waals surface area contributed by atoms with E-state index < -0.39 is 0 Å². The number of rotatable bonds is 5. The van der Waals surface area contributed by atoms with E-state index in [1.54, 1.807) is 0 Å². The van der Waals surface area contributed by atoms with E-state index in [0.29, 0.717) is 40.5 Å². The molecule has 0 fully saturated rings. The minimum atomic E-state index is 0.441. The van der Waals surface area contributed by atoms with E-state index in [1.807, 2.05) is 65.2 Å². The van der Waals surface area contributed by atoms with Crippen molar-refractivity contribution in [2.24, 2.45) is 0 Å².